The first-order valence-electron chi connectivity index (χ1n) is 4.77. The average Bonchev–Trinajstić information content (AvgIpc) is 2.26. The van der Waals surface area contributed by atoms with Crippen molar-refractivity contribution in [2.24, 2.45) is 5.73 Å². The Hall–Kier alpha value is -1.81. The predicted molar refractivity (Wildman–Crippen MR) is 73.2 cm³/mol. The molecule has 4 heteroatoms. The van der Waals surface area contributed by atoms with Gasteiger partial charge in [-0.05, 0) is 30.3 Å². The molecule has 4 N–H and O–H groups in total. The van der Waals surface area contributed by atoms with Gasteiger partial charge in [0.1, 0.15) is 0 Å². The second kappa shape index (κ2) is 5.32. The molecule has 3 nitrogen and oxygen atoms in total. The first-order chi connectivity index (χ1) is 7.50. The summed E-state index contributed by atoms with van der Waals surface area (Å²) in [5.74, 6) is 0. The lowest BCUT2D eigenvalue weighted by Crippen LogP contribution is -2.39. The van der Waals surface area contributed by atoms with E-state index < -0.39 is 0 Å². The minimum atomic E-state index is 0.180. The zero-order chi connectivity index (χ0) is 12.1. The number of benzene rings is 1. The number of nitrogens with two attached hydrogens (primary N) is 1. The Bertz CT molecular complexity index is 420. The highest BCUT2D eigenvalue weighted by Gasteiger charge is 1.99. The van der Waals surface area contributed by atoms with Crippen LogP contribution in [0.25, 0.3) is 11.3 Å². The van der Waals surface area contributed by atoms with Gasteiger partial charge in [-0.2, -0.15) is 0 Å². The van der Waals surface area contributed by atoms with Gasteiger partial charge in [0.15, 0.2) is 5.11 Å². The Morgan fingerprint density at radius 2 is 1.62 bits per heavy atom. The van der Waals surface area contributed by atoms with E-state index in [1.807, 2.05) is 31.2 Å². The van der Waals surface area contributed by atoms with E-state index in [2.05, 4.69) is 36.2 Å². The van der Waals surface area contributed by atoms with Crippen molar-refractivity contribution >= 4 is 28.6 Å². The fourth-order valence-corrected chi connectivity index (χ4v) is 1.22. The van der Waals surface area contributed by atoms with Crippen LogP contribution >= 0.6 is 12.2 Å². The van der Waals surface area contributed by atoms with Crippen LogP contribution in [-0.2, 0) is 0 Å². The Labute approximate surface area is 101 Å². The molecule has 0 radical (unpaired) electrons. The molecular weight excluding hydrogens is 218 g/mol. The largest absolute Gasteiger partial charge is 0.375 e. The molecule has 1 aromatic rings. The second-order valence-corrected chi connectivity index (χ2v) is 3.89. The fraction of sp³-hybridized carbons (Fsp3) is 0.0833. The number of nitrogens with one attached hydrogen (secondary N) is 2. The first-order valence-corrected chi connectivity index (χ1v) is 5.18. The van der Waals surface area contributed by atoms with Crippen molar-refractivity contribution in [3.63, 3.8) is 0 Å². The number of hydrogen-bond donors (Lipinski definition) is 3. The lowest BCUT2D eigenvalue weighted by molar-refractivity contribution is 0.846. The lowest BCUT2D eigenvalue weighted by Gasteiger charge is -2.11. The van der Waals surface area contributed by atoms with E-state index in [0.29, 0.717) is 5.70 Å². The molecule has 0 fully saturated rings. The van der Waals surface area contributed by atoms with Gasteiger partial charge in [0.25, 0.3) is 0 Å². The Morgan fingerprint density at radius 3 is 2.06 bits per heavy atom. The van der Waals surface area contributed by atoms with E-state index in [0.717, 1.165) is 16.7 Å². The smallest absolute Gasteiger partial charge is 0.182 e. The van der Waals surface area contributed by atoms with Crippen molar-refractivity contribution in [1.29, 1.82) is 0 Å². The molecular formula is C12H15N3S. The third kappa shape index (κ3) is 3.40. The van der Waals surface area contributed by atoms with Crippen LogP contribution in [0.2, 0.25) is 0 Å². The molecule has 0 saturated heterocycles. The van der Waals surface area contributed by atoms with Crippen molar-refractivity contribution in [3.8, 4) is 0 Å². The topological polar surface area (TPSA) is 50.1 Å². The predicted octanol–water partition coefficient (Wildman–Crippen LogP) is 2.03. The maximum atomic E-state index is 5.29. The average molecular weight is 233 g/mol. The highest BCUT2D eigenvalue weighted by Crippen LogP contribution is 2.15. The van der Waals surface area contributed by atoms with Gasteiger partial charge < -0.3 is 5.73 Å². The summed E-state index contributed by atoms with van der Waals surface area (Å²) in [6.45, 7) is 9.70. The summed E-state index contributed by atoms with van der Waals surface area (Å²) in [5.41, 5.74) is 14.5. The molecule has 0 aliphatic carbocycles. The van der Waals surface area contributed by atoms with E-state index in [4.69, 9.17) is 5.73 Å². The van der Waals surface area contributed by atoms with Gasteiger partial charge in [0.2, 0.25) is 0 Å². The zero-order valence-corrected chi connectivity index (χ0v) is 10.0. The van der Waals surface area contributed by atoms with Crippen LogP contribution in [0.4, 0.5) is 0 Å². The van der Waals surface area contributed by atoms with Gasteiger partial charge in [0.05, 0.1) is 5.70 Å². The molecule has 0 aliphatic heterocycles. The third-order valence-corrected chi connectivity index (χ3v) is 2.16. The van der Waals surface area contributed by atoms with Gasteiger partial charge in [-0.3, -0.25) is 10.9 Å². The molecule has 0 aliphatic rings. The maximum Gasteiger partial charge on any atom is 0.182 e. The van der Waals surface area contributed by atoms with Gasteiger partial charge in [-0.25, -0.2) is 0 Å². The monoisotopic (exact) mass is 233 g/mol. The maximum absolute atomic E-state index is 5.29. The fourth-order valence-electron chi connectivity index (χ4n) is 1.17. The minimum absolute atomic E-state index is 0.180. The van der Waals surface area contributed by atoms with Crippen molar-refractivity contribution in [3.05, 3.63) is 48.6 Å². The lowest BCUT2D eigenvalue weighted by atomic mass is 10.1. The van der Waals surface area contributed by atoms with Crippen LogP contribution in [0.5, 0.6) is 0 Å². The van der Waals surface area contributed by atoms with Crippen molar-refractivity contribution in [2.75, 3.05) is 0 Å². The SMILES string of the molecule is C=C(C)c1ccc(C(=C)NNC(N)=S)cc1. The van der Waals surface area contributed by atoms with Gasteiger partial charge in [0, 0.05) is 0 Å². The second-order valence-electron chi connectivity index (χ2n) is 3.45. The Kier molecular flexibility index (Phi) is 4.08. The molecule has 0 atom stereocenters. The summed E-state index contributed by atoms with van der Waals surface area (Å²) in [4.78, 5) is 0. The molecule has 16 heavy (non-hydrogen) atoms. The molecule has 84 valence electrons. The van der Waals surface area contributed by atoms with E-state index >= 15 is 0 Å². The summed E-state index contributed by atoms with van der Waals surface area (Å²) in [6, 6.07) is 7.90. The number of hydrogen-bond acceptors (Lipinski definition) is 2. The third-order valence-electron chi connectivity index (χ3n) is 2.06. The molecule has 0 heterocycles. The molecule has 0 aromatic heterocycles. The standard InChI is InChI=1S/C12H15N3S/c1-8(2)10-4-6-11(7-5-10)9(3)14-15-12(13)16/h4-7,14H,1,3H2,2H3,(H3,13,15,16). The van der Waals surface area contributed by atoms with Crippen molar-refractivity contribution < 1.29 is 0 Å². The molecule has 1 aromatic carbocycles. The first kappa shape index (κ1) is 12.3. The Morgan fingerprint density at radius 1 is 1.12 bits per heavy atom. The van der Waals surface area contributed by atoms with Crippen LogP contribution < -0.4 is 16.6 Å². The van der Waals surface area contributed by atoms with Gasteiger partial charge in [-0.15, -0.1) is 0 Å². The quantitative estimate of drug-likeness (QED) is 0.550. The van der Waals surface area contributed by atoms with E-state index in [9.17, 15) is 0 Å². The molecule has 0 unspecified atom stereocenters. The molecule has 1 rings (SSSR count). The van der Waals surface area contributed by atoms with E-state index in [1.165, 1.54) is 0 Å². The van der Waals surface area contributed by atoms with Crippen molar-refractivity contribution in [2.45, 2.75) is 6.92 Å². The summed E-state index contributed by atoms with van der Waals surface area (Å²) >= 11 is 4.67. The number of allylic oxidation sites excluding steroid dienone is 1. The highest BCUT2D eigenvalue weighted by atomic mass is 32.1. The molecule has 0 saturated carbocycles. The van der Waals surface area contributed by atoms with Gasteiger partial charge >= 0.3 is 0 Å². The molecule has 0 spiro atoms. The Balaban J connectivity index is 2.70. The molecule has 0 amide bonds. The van der Waals surface area contributed by atoms with Crippen LogP contribution in [0, 0.1) is 0 Å². The summed E-state index contributed by atoms with van der Waals surface area (Å²) in [5, 5.41) is 0.180. The van der Waals surface area contributed by atoms with E-state index in [1.54, 1.807) is 0 Å². The number of hydrazine groups is 1. The normalized spacial score (nSPS) is 9.31. The zero-order valence-electron chi connectivity index (χ0n) is 9.21. The minimum Gasteiger partial charge on any atom is -0.375 e. The van der Waals surface area contributed by atoms with Crippen LogP contribution in [0.3, 0.4) is 0 Å². The van der Waals surface area contributed by atoms with Crippen molar-refractivity contribution in [1.82, 2.24) is 10.9 Å². The molecule has 0 bridgehead atoms. The number of thiocarbonyl (C=S) groups is 1. The van der Waals surface area contributed by atoms with Crippen LogP contribution in [-0.4, -0.2) is 5.11 Å². The summed E-state index contributed by atoms with van der Waals surface area (Å²) in [6.07, 6.45) is 0. The van der Waals surface area contributed by atoms with E-state index in [-0.39, 0.29) is 5.11 Å². The number of rotatable bonds is 4. The highest BCUT2D eigenvalue weighted by molar-refractivity contribution is 7.80. The summed E-state index contributed by atoms with van der Waals surface area (Å²) in [7, 11) is 0. The van der Waals surface area contributed by atoms with Gasteiger partial charge in [-0.1, -0.05) is 43.0 Å². The van der Waals surface area contributed by atoms with Crippen LogP contribution in [0.1, 0.15) is 18.1 Å². The summed E-state index contributed by atoms with van der Waals surface area (Å²) < 4.78 is 0. The van der Waals surface area contributed by atoms with Crippen LogP contribution in [0.15, 0.2) is 37.4 Å².